The molecule has 0 bridgehead atoms. The van der Waals surface area contributed by atoms with E-state index >= 15 is 0 Å². The summed E-state index contributed by atoms with van der Waals surface area (Å²) in [6.45, 7) is 0.100. The number of esters is 1. The van der Waals surface area contributed by atoms with E-state index in [1.54, 1.807) is 12.1 Å². The molecule has 136 valence electrons. The zero-order valence-electron chi connectivity index (χ0n) is 13.4. The molecule has 0 radical (unpaired) electrons. The Bertz CT molecular complexity index is 1020. The van der Waals surface area contributed by atoms with E-state index in [9.17, 15) is 14.9 Å². The number of ether oxygens (including phenoxy) is 3. The average molecular weight is 386 g/mol. The number of fused-ring (bicyclic) bond motifs is 1. The van der Waals surface area contributed by atoms with Crippen molar-refractivity contribution in [3.8, 4) is 17.2 Å². The Morgan fingerprint density at radius 1 is 1.22 bits per heavy atom. The van der Waals surface area contributed by atoms with Crippen molar-refractivity contribution in [1.29, 1.82) is 0 Å². The largest absolute Gasteiger partial charge is 0.454 e. The van der Waals surface area contributed by atoms with Crippen molar-refractivity contribution in [2.45, 2.75) is 10.1 Å². The van der Waals surface area contributed by atoms with Gasteiger partial charge in [-0.15, -0.1) is 0 Å². The predicted octanol–water partition coefficient (Wildman–Crippen LogP) is 2.81. The molecule has 0 spiro atoms. The number of benzene rings is 2. The molecule has 27 heavy (non-hydrogen) atoms. The second-order valence-corrected chi connectivity index (χ2v) is 6.27. The zero-order chi connectivity index (χ0) is 18.8. The van der Waals surface area contributed by atoms with E-state index in [1.165, 1.54) is 24.5 Å². The Morgan fingerprint density at radius 3 is 2.85 bits per heavy atom. The van der Waals surface area contributed by atoms with Crippen LogP contribution in [-0.4, -0.2) is 32.9 Å². The maximum atomic E-state index is 12.4. The highest BCUT2D eigenvalue weighted by Crippen LogP contribution is 2.36. The van der Waals surface area contributed by atoms with Gasteiger partial charge in [-0.25, -0.2) is 9.78 Å². The van der Waals surface area contributed by atoms with Crippen LogP contribution < -0.4 is 14.2 Å². The van der Waals surface area contributed by atoms with Crippen LogP contribution in [0.5, 0.6) is 17.2 Å². The van der Waals surface area contributed by atoms with Crippen molar-refractivity contribution in [2.75, 3.05) is 6.79 Å². The van der Waals surface area contributed by atoms with Crippen LogP contribution in [-0.2, 0) is 0 Å². The van der Waals surface area contributed by atoms with Crippen molar-refractivity contribution in [3.63, 3.8) is 0 Å². The minimum atomic E-state index is -0.729. The number of aromatic nitrogens is 3. The number of H-pyrrole nitrogens is 1. The van der Waals surface area contributed by atoms with Crippen molar-refractivity contribution in [1.82, 2.24) is 15.2 Å². The van der Waals surface area contributed by atoms with Gasteiger partial charge in [0.1, 0.15) is 12.1 Å². The highest BCUT2D eigenvalue weighted by atomic mass is 32.2. The fraction of sp³-hybridized carbons (Fsp3) is 0.0625. The topological polar surface area (TPSA) is 129 Å². The summed E-state index contributed by atoms with van der Waals surface area (Å²) in [4.78, 5) is 27.4. The van der Waals surface area contributed by atoms with Gasteiger partial charge in [-0.05, 0) is 36.0 Å². The summed E-state index contributed by atoms with van der Waals surface area (Å²) >= 11 is 1.03. The van der Waals surface area contributed by atoms with Gasteiger partial charge < -0.3 is 14.2 Å². The van der Waals surface area contributed by atoms with Gasteiger partial charge in [-0.3, -0.25) is 15.2 Å². The molecule has 1 aliphatic rings. The molecule has 10 nitrogen and oxygen atoms in total. The normalized spacial score (nSPS) is 12.0. The van der Waals surface area contributed by atoms with Crippen molar-refractivity contribution in [2.24, 2.45) is 0 Å². The number of hydrogen-bond acceptors (Lipinski definition) is 9. The number of nitrogens with zero attached hydrogens (tertiary/aromatic N) is 3. The van der Waals surface area contributed by atoms with E-state index in [0.717, 1.165) is 17.8 Å². The molecule has 1 aromatic heterocycles. The molecule has 0 saturated carbocycles. The first-order valence-corrected chi connectivity index (χ1v) is 8.35. The number of hydrogen-bond donors (Lipinski definition) is 1. The first-order valence-electron chi connectivity index (χ1n) is 7.53. The Hall–Kier alpha value is -3.60. The second-order valence-electron chi connectivity index (χ2n) is 5.24. The Labute approximate surface area is 155 Å². The third-order valence-electron chi connectivity index (χ3n) is 3.55. The summed E-state index contributed by atoms with van der Waals surface area (Å²) in [5.41, 5.74) is -0.196. The molecule has 1 aliphatic heterocycles. The molecule has 11 heteroatoms. The van der Waals surface area contributed by atoms with Crippen LogP contribution in [0.4, 0.5) is 5.69 Å². The predicted molar refractivity (Wildman–Crippen MR) is 91.1 cm³/mol. The molecule has 2 aromatic carbocycles. The number of nitrogens with one attached hydrogen (secondary N) is 1. The summed E-state index contributed by atoms with van der Waals surface area (Å²) in [7, 11) is 0. The van der Waals surface area contributed by atoms with Gasteiger partial charge >= 0.3 is 5.97 Å². The Kier molecular flexibility index (Phi) is 4.34. The molecule has 0 atom stereocenters. The monoisotopic (exact) mass is 386 g/mol. The second kappa shape index (κ2) is 6.96. The van der Waals surface area contributed by atoms with Crippen molar-refractivity contribution < 1.29 is 23.9 Å². The number of carbonyl (C=O) groups excluding carboxylic acids is 1. The van der Waals surface area contributed by atoms with Gasteiger partial charge in [0.2, 0.25) is 6.79 Å². The summed E-state index contributed by atoms with van der Waals surface area (Å²) in [6.07, 6.45) is 1.30. The van der Waals surface area contributed by atoms with Gasteiger partial charge in [-0.1, -0.05) is 0 Å². The molecule has 0 unspecified atom stereocenters. The smallest absolute Gasteiger partial charge is 0.343 e. The first-order chi connectivity index (χ1) is 13.1. The summed E-state index contributed by atoms with van der Waals surface area (Å²) in [5, 5.41) is 18.1. The molecule has 0 amide bonds. The van der Waals surface area contributed by atoms with Crippen molar-refractivity contribution in [3.05, 3.63) is 58.4 Å². The van der Waals surface area contributed by atoms with E-state index in [-0.39, 0.29) is 23.8 Å². The van der Waals surface area contributed by atoms with Crippen LogP contribution in [0.2, 0.25) is 0 Å². The van der Waals surface area contributed by atoms with E-state index in [4.69, 9.17) is 14.2 Å². The number of carbonyl (C=O) groups is 1. The Morgan fingerprint density at radius 2 is 2.07 bits per heavy atom. The highest BCUT2D eigenvalue weighted by molar-refractivity contribution is 7.99. The van der Waals surface area contributed by atoms with Crippen LogP contribution in [0.25, 0.3) is 0 Å². The molecule has 0 fully saturated rings. The van der Waals surface area contributed by atoms with E-state index in [0.29, 0.717) is 21.6 Å². The van der Waals surface area contributed by atoms with Gasteiger partial charge in [0.05, 0.1) is 15.4 Å². The maximum Gasteiger partial charge on any atom is 0.343 e. The zero-order valence-corrected chi connectivity index (χ0v) is 14.3. The minimum Gasteiger partial charge on any atom is -0.454 e. The molecule has 3 aromatic rings. The molecule has 4 rings (SSSR count). The van der Waals surface area contributed by atoms with Crippen molar-refractivity contribution >= 4 is 23.4 Å². The molecule has 2 heterocycles. The van der Waals surface area contributed by atoms with Gasteiger partial charge in [0.25, 0.3) is 5.69 Å². The van der Waals surface area contributed by atoms with Gasteiger partial charge in [0.15, 0.2) is 16.7 Å². The number of nitro benzene ring substituents is 1. The lowest BCUT2D eigenvalue weighted by Gasteiger charge is -2.06. The first kappa shape index (κ1) is 16.8. The van der Waals surface area contributed by atoms with Crippen LogP contribution in [0.15, 0.2) is 52.8 Å². The number of nitro groups is 1. The third-order valence-corrected chi connectivity index (χ3v) is 4.50. The van der Waals surface area contributed by atoms with Crippen LogP contribution >= 0.6 is 11.8 Å². The fourth-order valence-electron chi connectivity index (χ4n) is 2.33. The molecule has 0 aliphatic carbocycles. The fourth-order valence-corrected chi connectivity index (χ4v) is 3.11. The molecular weight excluding hydrogens is 376 g/mol. The molecule has 0 saturated heterocycles. The van der Waals surface area contributed by atoms with E-state index in [2.05, 4.69) is 15.2 Å². The molecule has 1 N–H and O–H groups in total. The lowest BCUT2D eigenvalue weighted by Crippen LogP contribution is -2.09. The number of aromatic amines is 1. The average Bonchev–Trinajstić information content (AvgIpc) is 3.33. The summed E-state index contributed by atoms with van der Waals surface area (Å²) < 4.78 is 15.7. The Balaban J connectivity index is 1.56. The quantitative estimate of drug-likeness (QED) is 0.304. The van der Waals surface area contributed by atoms with E-state index in [1.807, 2.05) is 0 Å². The van der Waals surface area contributed by atoms with Gasteiger partial charge in [0, 0.05) is 12.1 Å². The van der Waals surface area contributed by atoms with Crippen LogP contribution in [0, 0.1) is 10.1 Å². The SMILES string of the molecule is O=C(Oc1ccc2c(c1)OCO2)c1ccc(Sc2ncn[nH]2)c([N+](=O)[O-])c1. The minimum absolute atomic E-state index is 0.0429. The summed E-state index contributed by atoms with van der Waals surface area (Å²) in [5.74, 6) is 0.532. The number of rotatable bonds is 5. The molecular formula is C16H10N4O6S. The van der Waals surface area contributed by atoms with Crippen LogP contribution in [0.1, 0.15) is 10.4 Å². The lowest BCUT2D eigenvalue weighted by molar-refractivity contribution is -0.387. The third kappa shape index (κ3) is 3.53. The van der Waals surface area contributed by atoms with Gasteiger partial charge in [-0.2, -0.15) is 5.10 Å². The standard InChI is InChI=1S/C16H10N4O6S/c21-15(26-10-2-3-12-13(6-10)25-8-24-12)9-1-4-14(11(5-9)20(22)23)27-16-17-7-18-19-16/h1-7H,8H2,(H,17,18,19). The highest BCUT2D eigenvalue weighted by Gasteiger charge is 2.21. The van der Waals surface area contributed by atoms with E-state index < -0.39 is 10.9 Å². The lowest BCUT2D eigenvalue weighted by atomic mass is 10.2. The maximum absolute atomic E-state index is 12.4. The summed E-state index contributed by atoms with van der Waals surface area (Å²) in [6, 6.07) is 8.75. The van der Waals surface area contributed by atoms with Crippen LogP contribution in [0.3, 0.4) is 0 Å².